The molecule has 0 aromatic heterocycles. The predicted octanol–water partition coefficient (Wildman–Crippen LogP) is 6.12. The zero-order valence-electron chi connectivity index (χ0n) is 20.9. The monoisotopic (exact) mass is 572 g/mol. The van der Waals surface area contributed by atoms with Crippen LogP contribution in [0.3, 0.4) is 0 Å². The molecule has 1 aliphatic rings. The van der Waals surface area contributed by atoms with E-state index in [0.29, 0.717) is 55.1 Å². The lowest BCUT2D eigenvalue weighted by molar-refractivity contribution is -0.121. The lowest BCUT2D eigenvalue weighted by atomic mass is 10.0. The van der Waals surface area contributed by atoms with E-state index in [2.05, 4.69) is 20.9 Å². The summed E-state index contributed by atoms with van der Waals surface area (Å²) < 4.78 is 0. The summed E-state index contributed by atoms with van der Waals surface area (Å²) in [5, 5.41) is 15.1. The molecule has 0 atom stereocenters. The van der Waals surface area contributed by atoms with Crippen molar-refractivity contribution in [2.45, 2.75) is 0 Å². The molecule has 0 fully saturated rings. The van der Waals surface area contributed by atoms with Gasteiger partial charge in [-0.05, 0) is 36.4 Å². The third-order valence-electron chi connectivity index (χ3n) is 5.82. The van der Waals surface area contributed by atoms with Crippen molar-refractivity contribution in [3.63, 3.8) is 0 Å². The van der Waals surface area contributed by atoms with Crippen molar-refractivity contribution in [3.8, 4) is 0 Å². The minimum absolute atomic E-state index is 0.371. The molecule has 1 heterocycles. The summed E-state index contributed by atoms with van der Waals surface area (Å²) >= 11 is 12.6. The first-order valence-electron chi connectivity index (χ1n) is 12.2. The average Bonchev–Trinajstić information content (AvgIpc) is 2.96. The molecule has 0 saturated heterocycles. The molecule has 0 radical (unpaired) electrons. The van der Waals surface area contributed by atoms with E-state index in [-0.39, 0.29) is 0 Å². The maximum absolute atomic E-state index is 13.0. The lowest BCUT2D eigenvalue weighted by Gasteiger charge is -2.16. The van der Waals surface area contributed by atoms with Gasteiger partial charge in [-0.3, -0.25) is 9.59 Å². The van der Waals surface area contributed by atoms with Gasteiger partial charge in [0.15, 0.2) is 13.2 Å². The van der Waals surface area contributed by atoms with Crippen LogP contribution in [0.25, 0.3) is 0 Å². The number of fused-ring (bicyclic) bond motifs is 2. The Balaban J connectivity index is 1.58. The SMILES string of the molecule is O=C1CO/N=C(\c2ccccc2)c2cc(Cl)ccc2NC(=O)CO/N=C(\c2ccccc2)c2cc(Cl)ccc2N1. The number of benzene rings is 4. The summed E-state index contributed by atoms with van der Waals surface area (Å²) in [5.74, 6) is -0.917. The molecule has 1 aliphatic heterocycles. The van der Waals surface area contributed by atoms with Crippen LogP contribution in [0.1, 0.15) is 22.3 Å². The molecule has 0 unspecified atom stereocenters. The molecule has 2 amide bonds. The standard InChI is InChI=1S/C30H22Cl2N4O4/c31-21-11-13-25-23(15-21)29(19-7-3-1-4-8-19)35-39-17-27(37)34-26-14-12-22(32)16-24(26)30(20-9-5-2-6-10-20)36-40-18-28(38)33-25/h1-16H,17-18H2,(H,33,38)(H,34,37)/b35-29+,36-30+. The molecule has 5 rings (SSSR count). The van der Waals surface area contributed by atoms with Crippen LogP contribution >= 0.6 is 23.2 Å². The molecule has 200 valence electrons. The number of hydrogen-bond acceptors (Lipinski definition) is 6. The van der Waals surface area contributed by atoms with Gasteiger partial charge in [-0.1, -0.05) is 94.2 Å². The number of oxime groups is 2. The number of anilines is 2. The zero-order chi connectivity index (χ0) is 27.9. The third-order valence-corrected chi connectivity index (χ3v) is 6.29. The van der Waals surface area contributed by atoms with Crippen molar-refractivity contribution in [1.82, 2.24) is 0 Å². The molecule has 0 saturated carbocycles. The van der Waals surface area contributed by atoms with Crippen molar-refractivity contribution in [2.75, 3.05) is 23.8 Å². The molecule has 4 aromatic carbocycles. The number of nitrogens with zero attached hydrogens (tertiary/aromatic N) is 2. The summed E-state index contributed by atoms with van der Waals surface area (Å²) in [6, 6.07) is 28.3. The fraction of sp³-hybridized carbons (Fsp3) is 0.0667. The Kier molecular flexibility index (Phi) is 8.39. The summed E-state index contributed by atoms with van der Waals surface area (Å²) in [5.41, 5.74) is 3.95. The molecule has 8 nitrogen and oxygen atoms in total. The topological polar surface area (TPSA) is 101 Å². The highest BCUT2D eigenvalue weighted by Gasteiger charge is 2.19. The van der Waals surface area contributed by atoms with E-state index in [4.69, 9.17) is 32.9 Å². The third kappa shape index (κ3) is 6.48. The number of carbonyl (C=O) groups excluding carboxylic acids is 2. The van der Waals surface area contributed by atoms with Crippen LogP contribution in [0.4, 0.5) is 11.4 Å². The van der Waals surface area contributed by atoms with Crippen molar-refractivity contribution in [3.05, 3.63) is 129 Å². The molecular formula is C30H22Cl2N4O4. The van der Waals surface area contributed by atoms with Crippen LogP contribution in [0.15, 0.2) is 107 Å². The van der Waals surface area contributed by atoms with Gasteiger partial charge in [0.05, 0.1) is 11.4 Å². The molecule has 4 aromatic rings. The van der Waals surface area contributed by atoms with Crippen LogP contribution in [-0.2, 0) is 19.3 Å². The van der Waals surface area contributed by atoms with Crippen molar-refractivity contribution in [2.24, 2.45) is 10.3 Å². The highest BCUT2D eigenvalue weighted by atomic mass is 35.5. The van der Waals surface area contributed by atoms with Crippen LogP contribution < -0.4 is 10.6 Å². The zero-order valence-corrected chi connectivity index (χ0v) is 22.4. The quantitative estimate of drug-likeness (QED) is 0.302. The van der Waals surface area contributed by atoms with E-state index in [1.807, 2.05) is 60.7 Å². The highest BCUT2D eigenvalue weighted by Crippen LogP contribution is 2.27. The first-order chi connectivity index (χ1) is 19.5. The van der Waals surface area contributed by atoms with Crippen LogP contribution in [0.5, 0.6) is 0 Å². The fourth-order valence-electron chi connectivity index (χ4n) is 4.03. The minimum Gasteiger partial charge on any atom is -0.385 e. The first kappa shape index (κ1) is 26.9. The summed E-state index contributed by atoms with van der Waals surface area (Å²) in [6.07, 6.45) is 0. The Morgan fingerprint density at radius 2 is 0.975 bits per heavy atom. The maximum atomic E-state index is 13.0. The molecule has 40 heavy (non-hydrogen) atoms. The van der Waals surface area contributed by atoms with E-state index in [9.17, 15) is 9.59 Å². The second-order valence-electron chi connectivity index (χ2n) is 8.63. The number of carbonyl (C=O) groups is 2. The summed E-state index contributed by atoms with van der Waals surface area (Å²) in [4.78, 5) is 37.0. The van der Waals surface area contributed by atoms with Gasteiger partial charge < -0.3 is 20.3 Å². The van der Waals surface area contributed by atoms with Gasteiger partial charge in [0, 0.05) is 32.3 Å². The maximum Gasteiger partial charge on any atom is 0.265 e. The lowest BCUT2D eigenvalue weighted by Crippen LogP contribution is -2.22. The molecular weight excluding hydrogens is 551 g/mol. The van der Waals surface area contributed by atoms with Gasteiger partial charge in [0.1, 0.15) is 11.4 Å². The van der Waals surface area contributed by atoms with E-state index >= 15 is 0 Å². The van der Waals surface area contributed by atoms with Gasteiger partial charge in [0.2, 0.25) is 0 Å². The predicted molar refractivity (Wildman–Crippen MR) is 156 cm³/mol. The van der Waals surface area contributed by atoms with E-state index in [0.717, 1.165) is 0 Å². The number of nitrogens with one attached hydrogen (secondary N) is 2. The average molecular weight is 573 g/mol. The fourth-order valence-corrected chi connectivity index (χ4v) is 4.38. The van der Waals surface area contributed by atoms with Crippen molar-refractivity contribution in [1.29, 1.82) is 0 Å². The van der Waals surface area contributed by atoms with Crippen molar-refractivity contribution < 1.29 is 19.3 Å². The number of hydrogen-bond donors (Lipinski definition) is 2. The van der Waals surface area contributed by atoms with E-state index < -0.39 is 25.0 Å². The van der Waals surface area contributed by atoms with Gasteiger partial charge in [-0.25, -0.2) is 0 Å². The highest BCUT2D eigenvalue weighted by molar-refractivity contribution is 6.32. The Morgan fingerprint density at radius 1 is 0.575 bits per heavy atom. The van der Waals surface area contributed by atoms with Gasteiger partial charge in [-0.2, -0.15) is 0 Å². The summed E-state index contributed by atoms with van der Waals surface area (Å²) in [6.45, 7) is -0.788. The van der Waals surface area contributed by atoms with Gasteiger partial charge in [0.25, 0.3) is 11.8 Å². The molecule has 10 heteroatoms. The van der Waals surface area contributed by atoms with E-state index in [1.54, 1.807) is 36.4 Å². The number of rotatable bonds is 2. The largest absolute Gasteiger partial charge is 0.385 e. The van der Waals surface area contributed by atoms with Gasteiger partial charge >= 0.3 is 0 Å². The van der Waals surface area contributed by atoms with Crippen LogP contribution in [0.2, 0.25) is 10.0 Å². The first-order valence-corrected chi connectivity index (χ1v) is 12.9. The number of amides is 2. The van der Waals surface area contributed by atoms with Crippen LogP contribution in [-0.4, -0.2) is 36.5 Å². The minimum atomic E-state index is -0.459. The second kappa shape index (κ2) is 12.5. The van der Waals surface area contributed by atoms with Crippen molar-refractivity contribution >= 4 is 57.8 Å². The van der Waals surface area contributed by atoms with Gasteiger partial charge in [-0.15, -0.1) is 0 Å². The second-order valence-corrected chi connectivity index (χ2v) is 9.51. The number of halogens is 2. The van der Waals surface area contributed by atoms with Crippen LogP contribution in [0, 0.1) is 0 Å². The Hall–Kier alpha value is -4.66. The molecule has 0 aliphatic carbocycles. The van der Waals surface area contributed by atoms with E-state index in [1.165, 1.54) is 0 Å². The summed E-state index contributed by atoms with van der Waals surface area (Å²) in [7, 11) is 0. The normalized spacial score (nSPS) is 16.9. The molecule has 2 N–H and O–H groups in total. The molecule has 0 spiro atoms. The molecule has 0 bridgehead atoms. The Morgan fingerprint density at radius 3 is 1.38 bits per heavy atom. The Labute approximate surface area is 240 Å². The Bertz CT molecular complexity index is 1490. The smallest absolute Gasteiger partial charge is 0.265 e.